The highest BCUT2D eigenvalue weighted by molar-refractivity contribution is 6.35. The van der Waals surface area contributed by atoms with E-state index < -0.39 is 17.8 Å². The fourth-order valence-electron chi connectivity index (χ4n) is 3.21. The number of carbonyl (C=O) groups excluding carboxylic acids is 3. The van der Waals surface area contributed by atoms with Crippen LogP contribution in [0.2, 0.25) is 0 Å². The van der Waals surface area contributed by atoms with Crippen LogP contribution < -0.4 is 9.64 Å². The topological polar surface area (TPSA) is 85.8 Å². The van der Waals surface area contributed by atoms with Gasteiger partial charge in [-0.1, -0.05) is 0 Å². The Morgan fingerprint density at radius 2 is 1.89 bits per heavy atom. The maximum Gasteiger partial charge on any atom is 0.338 e. The summed E-state index contributed by atoms with van der Waals surface area (Å²) in [7, 11) is 1.48. The SMILES string of the molecule is CCOC(=O)c1ccc(N2C(=O)c3cc(OC)nc(C4CC4)c3C2=O)cc1. The Kier molecular flexibility index (Phi) is 4.14. The largest absolute Gasteiger partial charge is 0.481 e. The number of benzene rings is 1. The summed E-state index contributed by atoms with van der Waals surface area (Å²) in [6.45, 7) is 2.00. The maximum atomic E-state index is 13.0. The van der Waals surface area contributed by atoms with Crippen molar-refractivity contribution in [3.63, 3.8) is 0 Å². The standard InChI is InChI=1S/C20H18N2O5/c1-3-27-20(25)12-6-8-13(9-7-12)22-18(23)14-10-15(26-2)21-17(11-4-5-11)16(14)19(22)24/h6-11H,3-5H2,1-2H3. The molecule has 2 aromatic rings. The number of anilines is 1. The van der Waals surface area contributed by atoms with Gasteiger partial charge in [0.05, 0.1) is 41.8 Å². The van der Waals surface area contributed by atoms with Gasteiger partial charge in [0.1, 0.15) is 0 Å². The van der Waals surface area contributed by atoms with Crippen LogP contribution in [0.25, 0.3) is 0 Å². The molecule has 1 fully saturated rings. The number of rotatable bonds is 5. The summed E-state index contributed by atoms with van der Waals surface area (Å²) in [5, 5.41) is 0. The highest BCUT2D eigenvalue weighted by atomic mass is 16.5. The molecule has 1 aromatic carbocycles. The van der Waals surface area contributed by atoms with Crippen LogP contribution in [0.4, 0.5) is 5.69 Å². The van der Waals surface area contributed by atoms with Crippen LogP contribution in [0.15, 0.2) is 30.3 Å². The van der Waals surface area contributed by atoms with E-state index in [9.17, 15) is 14.4 Å². The van der Waals surface area contributed by atoms with Crippen LogP contribution in [0, 0.1) is 0 Å². The average molecular weight is 366 g/mol. The van der Waals surface area contributed by atoms with E-state index in [-0.39, 0.29) is 12.5 Å². The highest BCUT2D eigenvalue weighted by Gasteiger charge is 2.43. The second kappa shape index (κ2) is 6.50. The number of imide groups is 1. The third-order valence-electron chi connectivity index (χ3n) is 4.68. The third kappa shape index (κ3) is 2.85. The number of fused-ring (bicyclic) bond motifs is 1. The lowest BCUT2D eigenvalue weighted by atomic mass is 10.1. The molecular formula is C20H18N2O5. The number of esters is 1. The number of amides is 2. The summed E-state index contributed by atoms with van der Waals surface area (Å²) in [6, 6.07) is 7.72. The van der Waals surface area contributed by atoms with Gasteiger partial charge in [0, 0.05) is 12.0 Å². The Morgan fingerprint density at radius 1 is 1.19 bits per heavy atom. The first-order chi connectivity index (χ1) is 13.0. The molecule has 0 saturated heterocycles. The minimum absolute atomic E-state index is 0.191. The minimum Gasteiger partial charge on any atom is -0.481 e. The molecule has 4 rings (SSSR count). The number of methoxy groups -OCH3 is 1. The Labute approximate surface area is 155 Å². The lowest BCUT2D eigenvalue weighted by molar-refractivity contribution is 0.0526. The van der Waals surface area contributed by atoms with Crippen molar-refractivity contribution < 1.29 is 23.9 Å². The van der Waals surface area contributed by atoms with Gasteiger partial charge in [0.15, 0.2) is 0 Å². The summed E-state index contributed by atoms with van der Waals surface area (Å²) in [6.07, 6.45) is 1.89. The lowest BCUT2D eigenvalue weighted by Crippen LogP contribution is -2.29. The molecule has 1 aromatic heterocycles. The number of carbonyl (C=O) groups is 3. The van der Waals surface area contributed by atoms with Crippen molar-refractivity contribution in [3.8, 4) is 5.88 Å². The molecule has 1 aliphatic heterocycles. The van der Waals surface area contributed by atoms with Gasteiger partial charge < -0.3 is 9.47 Å². The van der Waals surface area contributed by atoms with Crippen molar-refractivity contribution in [3.05, 3.63) is 52.7 Å². The number of hydrogen-bond acceptors (Lipinski definition) is 6. The van der Waals surface area contributed by atoms with E-state index in [0.29, 0.717) is 34.0 Å². The third-order valence-corrected chi connectivity index (χ3v) is 4.68. The van der Waals surface area contributed by atoms with Gasteiger partial charge >= 0.3 is 5.97 Å². The molecular weight excluding hydrogens is 348 g/mol. The zero-order chi connectivity index (χ0) is 19.1. The summed E-state index contributed by atoms with van der Waals surface area (Å²) in [5.41, 5.74) is 2.06. The average Bonchev–Trinajstić information content (AvgIpc) is 3.49. The Morgan fingerprint density at radius 3 is 2.48 bits per heavy atom. The summed E-state index contributed by atoms with van der Waals surface area (Å²) >= 11 is 0. The fraction of sp³-hybridized carbons (Fsp3) is 0.300. The lowest BCUT2D eigenvalue weighted by Gasteiger charge is -2.14. The maximum absolute atomic E-state index is 13.0. The van der Waals surface area contributed by atoms with Crippen LogP contribution in [0.1, 0.15) is 62.5 Å². The van der Waals surface area contributed by atoms with E-state index in [2.05, 4.69) is 4.98 Å². The van der Waals surface area contributed by atoms with E-state index in [1.165, 1.54) is 25.3 Å². The quantitative estimate of drug-likeness (QED) is 0.597. The first-order valence-corrected chi connectivity index (χ1v) is 8.80. The van der Waals surface area contributed by atoms with Gasteiger partial charge in [-0.2, -0.15) is 0 Å². The Hall–Kier alpha value is -3.22. The molecule has 7 nitrogen and oxygen atoms in total. The minimum atomic E-state index is -0.448. The van der Waals surface area contributed by atoms with Crippen LogP contribution in [0.5, 0.6) is 5.88 Å². The fourth-order valence-corrected chi connectivity index (χ4v) is 3.21. The number of ether oxygens (including phenoxy) is 2. The molecule has 0 bridgehead atoms. The molecule has 138 valence electrons. The van der Waals surface area contributed by atoms with Crippen molar-refractivity contribution in [2.24, 2.45) is 0 Å². The predicted molar refractivity (Wildman–Crippen MR) is 96.3 cm³/mol. The highest BCUT2D eigenvalue weighted by Crippen LogP contribution is 2.44. The van der Waals surface area contributed by atoms with E-state index in [1.54, 1.807) is 19.1 Å². The van der Waals surface area contributed by atoms with Crippen LogP contribution in [-0.2, 0) is 4.74 Å². The smallest absolute Gasteiger partial charge is 0.338 e. The van der Waals surface area contributed by atoms with Crippen LogP contribution in [0.3, 0.4) is 0 Å². The van der Waals surface area contributed by atoms with Crippen molar-refractivity contribution >= 4 is 23.5 Å². The zero-order valence-corrected chi connectivity index (χ0v) is 15.0. The zero-order valence-electron chi connectivity index (χ0n) is 15.0. The van der Waals surface area contributed by atoms with E-state index in [1.807, 2.05) is 0 Å². The van der Waals surface area contributed by atoms with Crippen LogP contribution >= 0.6 is 0 Å². The van der Waals surface area contributed by atoms with Gasteiger partial charge in [0.25, 0.3) is 11.8 Å². The monoisotopic (exact) mass is 366 g/mol. The van der Waals surface area contributed by atoms with Crippen molar-refractivity contribution in [1.82, 2.24) is 4.98 Å². The number of hydrogen-bond donors (Lipinski definition) is 0. The van der Waals surface area contributed by atoms with Gasteiger partial charge in [-0.05, 0) is 44.0 Å². The molecule has 2 heterocycles. The normalized spacial score (nSPS) is 15.7. The molecule has 2 aliphatic rings. The van der Waals surface area contributed by atoms with E-state index >= 15 is 0 Å². The van der Waals surface area contributed by atoms with Gasteiger partial charge in [-0.3, -0.25) is 9.59 Å². The first kappa shape index (κ1) is 17.2. The second-order valence-corrected chi connectivity index (χ2v) is 6.46. The molecule has 27 heavy (non-hydrogen) atoms. The van der Waals surface area contributed by atoms with Gasteiger partial charge in [-0.15, -0.1) is 0 Å². The van der Waals surface area contributed by atoms with Gasteiger partial charge in [0.2, 0.25) is 5.88 Å². The second-order valence-electron chi connectivity index (χ2n) is 6.46. The Bertz CT molecular complexity index is 948. The van der Waals surface area contributed by atoms with Crippen molar-refractivity contribution in [2.75, 3.05) is 18.6 Å². The van der Waals surface area contributed by atoms with E-state index in [4.69, 9.17) is 9.47 Å². The van der Waals surface area contributed by atoms with Crippen molar-refractivity contribution in [1.29, 1.82) is 0 Å². The number of nitrogens with zero attached hydrogens (tertiary/aromatic N) is 2. The number of aromatic nitrogens is 1. The molecule has 0 radical (unpaired) electrons. The van der Waals surface area contributed by atoms with Gasteiger partial charge in [-0.25, -0.2) is 14.7 Å². The Balaban J connectivity index is 1.71. The van der Waals surface area contributed by atoms with E-state index in [0.717, 1.165) is 17.7 Å². The molecule has 7 heteroatoms. The molecule has 0 unspecified atom stereocenters. The molecule has 2 amide bonds. The summed E-state index contributed by atoms with van der Waals surface area (Å²) < 4.78 is 10.2. The molecule has 0 spiro atoms. The molecule has 0 atom stereocenters. The molecule has 1 saturated carbocycles. The first-order valence-electron chi connectivity index (χ1n) is 8.80. The van der Waals surface area contributed by atoms with Crippen LogP contribution in [-0.4, -0.2) is 36.5 Å². The molecule has 0 N–H and O–H groups in total. The van der Waals surface area contributed by atoms with Crippen molar-refractivity contribution in [2.45, 2.75) is 25.7 Å². The predicted octanol–water partition coefficient (Wildman–Crippen LogP) is 2.94. The summed E-state index contributed by atoms with van der Waals surface area (Å²) in [4.78, 5) is 43.3. The molecule has 1 aliphatic carbocycles. The summed E-state index contributed by atoms with van der Waals surface area (Å²) in [5.74, 6) is -0.734. The number of pyridine rings is 1.